The molecule has 2 aromatic rings. The second kappa shape index (κ2) is 12.1. The first-order chi connectivity index (χ1) is 15.4. The van der Waals surface area contributed by atoms with E-state index in [2.05, 4.69) is 5.32 Å². The van der Waals surface area contributed by atoms with Crippen molar-refractivity contribution < 1.29 is 33.3 Å². The minimum atomic E-state index is -0.605. The van der Waals surface area contributed by atoms with Crippen molar-refractivity contribution in [2.75, 3.05) is 31.7 Å². The van der Waals surface area contributed by atoms with Crippen molar-refractivity contribution >= 4 is 34.2 Å². The average molecular weight is 464 g/mol. The van der Waals surface area contributed by atoms with Crippen LogP contribution in [0.15, 0.2) is 18.2 Å². The van der Waals surface area contributed by atoms with E-state index in [1.165, 1.54) is 0 Å². The maximum Gasteiger partial charge on any atom is 0.348 e. The largest absolute Gasteiger partial charge is 0.490 e. The molecular weight excluding hydrogens is 434 g/mol. The second-order valence-electron chi connectivity index (χ2n) is 6.57. The third kappa shape index (κ3) is 6.23. The number of carbonyl (C=O) groups is 3. The Morgan fingerprint density at radius 3 is 2.12 bits per heavy atom. The normalized spacial score (nSPS) is 10.4. The number of thiophene rings is 1. The third-order valence-corrected chi connectivity index (χ3v) is 5.50. The van der Waals surface area contributed by atoms with Crippen molar-refractivity contribution in [3.05, 3.63) is 39.8 Å². The Balaban J connectivity index is 2.28. The Morgan fingerprint density at radius 1 is 0.875 bits per heavy atom. The fourth-order valence-electron chi connectivity index (χ4n) is 3.00. The summed E-state index contributed by atoms with van der Waals surface area (Å²) in [5.74, 6) is -0.334. The molecule has 0 aliphatic rings. The molecule has 1 aromatic heterocycles. The van der Waals surface area contributed by atoms with E-state index < -0.39 is 11.9 Å². The van der Waals surface area contributed by atoms with E-state index in [4.69, 9.17) is 18.9 Å². The highest BCUT2D eigenvalue weighted by Gasteiger charge is 2.27. The fraction of sp³-hybridized carbons (Fsp3) is 0.435. The van der Waals surface area contributed by atoms with Crippen LogP contribution in [-0.2, 0) is 20.7 Å². The molecule has 0 saturated heterocycles. The summed E-state index contributed by atoms with van der Waals surface area (Å²) in [5, 5.41) is 3.00. The van der Waals surface area contributed by atoms with E-state index in [0.29, 0.717) is 35.8 Å². The van der Waals surface area contributed by atoms with E-state index in [0.717, 1.165) is 11.3 Å². The molecule has 2 rings (SSSR count). The molecule has 0 spiro atoms. The molecule has 0 aliphatic carbocycles. The van der Waals surface area contributed by atoms with Crippen LogP contribution in [0.25, 0.3) is 0 Å². The van der Waals surface area contributed by atoms with Crippen LogP contribution in [0.2, 0.25) is 0 Å². The van der Waals surface area contributed by atoms with Crippen LogP contribution in [0.1, 0.15) is 58.9 Å². The first-order valence-electron chi connectivity index (χ1n) is 10.5. The van der Waals surface area contributed by atoms with Gasteiger partial charge in [0.1, 0.15) is 9.88 Å². The van der Waals surface area contributed by atoms with Crippen LogP contribution in [-0.4, -0.2) is 44.3 Å². The van der Waals surface area contributed by atoms with Crippen LogP contribution in [0.3, 0.4) is 0 Å². The molecule has 1 aromatic carbocycles. The molecule has 174 valence electrons. The summed E-state index contributed by atoms with van der Waals surface area (Å²) >= 11 is 0.996. The molecule has 0 unspecified atom stereocenters. The summed E-state index contributed by atoms with van der Waals surface area (Å²) in [4.78, 5) is 37.8. The monoisotopic (exact) mass is 463 g/mol. The predicted molar refractivity (Wildman–Crippen MR) is 122 cm³/mol. The van der Waals surface area contributed by atoms with Crippen molar-refractivity contribution in [1.29, 1.82) is 0 Å². The molecular formula is C23H29NO7S. The molecule has 8 nitrogen and oxygen atoms in total. The summed E-state index contributed by atoms with van der Waals surface area (Å²) in [6.07, 6.45) is 0.0421. The summed E-state index contributed by atoms with van der Waals surface area (Å²) in [6.45, 7) is 10.1. The summed E-state index contributed by atoms with van der Waals surface area (Å²) in [7, 11) is 0. The summed E-state index contributed by atoms with van der Waals surface area (Å²) in [5.41, 5.74) is 1.29. The smallest absolute Gasteiger partial charge is 0.348 e. The molecule has 1 N–H and O–H groups in total. The quantitative estimate of drug-likeness (QED) is 0.493. The Morgan fingerprint density at radius 2 is 1.50 bits per heavy atom. The zero-order valence-corrected chi connectivity index (χ0v) is 19.9. The fourth-order valence-corrected chi connectivity index (χ4v) is 4.11. The summed E-state index contributed by atoms with van der Waals surface area (Å²) < 4.78 is 21.3. The lowest BCUT2D eigenvalue weighted by atomic mass is 10.1. The molecule has 0 saturated carbocycles. The van der Waals surface area contributed by atoms with Crippen molar-refractivity contribution in [2.24, 2.45) is 0 Å². The molecule has 0 radical (unpaired) electrons. The zero-order chi connectivity index (χ0) is 23.7. The van der Waals surface area contributed by atoms with Crippen LogP contribution in [0.5, 0.6) is 11.5 Å². The number of hydrogen-bond donors (Lipinski definition) is 1. The molecule has 9 heteroatoms. The molecule has 0 atom stereocenters. The van der Waals surface area contributed by atoms with Gasteiger partial charge in [-0.3, -0.25) is 4.79 Å². The first-order valence-corrected chi connectivity index (χ1v) is 11.3. The lowest BCUT2D eigenvalue weighted by Gasteiger charge is -2.12. The second-order valence-corrected chi connectivity index (χ2v) is 7.59. The number of hydrogen-bond acceptors (Lipinski definition) is 8. The third-order valence-electron chi connectivity index (χ3n) is 4.31. The Hall–Kier alpha value is -3.07. The number of amides is 1. The Kier molecular flexibility index (Phi) is 9.52. The van der Waals surface area contributed by atoms with Gasteiger partial charge in [0.25, 0.3) is 0 Å². The van der Waals surface area contributed by atoms with Gasteiger partial charge in [-0.25, -0.2) is 9.59 Å². The van der Waals surface area contributed by atoms with Gasteiger partial charge in [-0.2, -0.15) is 0 Å². The van der Waals surface area contributed by atoms with Crippen molar-refractivity contribution in [2.45, 2.75) is 41.0 Å². The lowest BCUT2D eigenvalue weighted by Crippen LogP contribution is -2.16. The van der Waals surface area contributed by atoms with Gasteiger partial charge < -0.3 is 24.3 Å². The van der Waals surface area contributed by atoms with Gasteiger partial charge in [0.2, 0.25) is 5.91 Å². The molecule has 1 amide bonds. The first kappa shape index (κ1) is 25.2. The van der Waals surface area contributed by atoms with Gasteiger partial charge in [0.05, 0.1) is 38.4 Å². The van der Waals surface area contributed by atoms with Crippen LogP contribution in [0.4, 0.5) is 5.00 Å². The van der Waals surface area contributed by atoms with Crippen LogP contribution >= 0.6 is 11.3 Å². The molecule has 32 heavy (non-hydrogen) atoms. The highest BCUT2D eigenvalue weighted by atomic mass is 32.1. The van der Waals surface area contributed by atoms with Gasteiger partial charge in [0.15, 0.2) is 11.5 Å². The zero-order valence-electron chi connectivity index (χ0n) is 19.0. The Labute approximate surface area is 191 Å². The molecule has 1 heterocycles. The number of rotatable bonds is 11. The van der Waals surface area contributed by atoms with E-state index in [9.17, 15) is 14.4 Å². The molecule has 0 aliphatic heterocycles. The number of anilines is 1. The SMILES string of the molecule is CCOC(=O)c1sc(NC(=O)Cc2ccc(OCC)c(OCC)c2)c(C(=O)OCC)c1C. The van der Waals surface area contributed by atoms with Crippen molar-refractivity contribution in [1.82, 2.24) is 0 Å². The van der Waals surface area contributed by atoms with Gasteiger partial charge in [-0.1, -0.05) is 6.07 Å². The van der Waals surface area contributed by atoms with Gasteiger partial charge >= 0.3 is 11.9 Å². The minimum absolute atomic E-state index is 0.0421. The summed E-state index contributed by atoms with van der Waals surface area (Å²) in [6, 6.07) is 5.29. The topological polar surface area (TPSA) is 100 Å². The number of ether oxygens (including phenoxy) is 4. The van der Waals surface area contributed by atoms with Gasteiger partial charge in [-0.15, -0.1) is 11.3 Å². The van der Waals surface area contributed by atoms with Crippen LogP contribution in [0, 0.1) is 6.92 Å². The van der Waals surface area contributed by atoms with E-state index in [1.54, 1.807) is 39.0 Å². The molecule has 0 fully saturated rings. The number of carbonyl (C=O) groups excluding carboxylic acids is 3. The van der Waals surface area contributed by atoms with Gasteiger partial charge in [-0.05, 0) is 57.9 Å². The highest BCUT2D eigenvalue weighted by molar-refractivity contribution is 7.18. The van der Waals surface area contributed by atoms with Crippen LogP contribution < -0.4 is 14.8 Å². The predicted octanol–water partition coefficient (Wildman–Crippen LogP) is 4.39. The molecule has 0 bridgehead atoms. The highest BCUT2D eigenvalue weighted by Crippen LogP contribution is 2.35. The maximum atomic E-state index is 12.8. The van der Waals surface area contributed by atoms with E-state index >= 15 is 0 Å². The minimum Gasteiger partial charge on any atom is -0.490 e. The van der Waals surface area contributed by atoms with Crippen molar-refractivity contribution in [3.8, 4) is 11.5 Å². The lowest BCUT2D eigenvalue weighted by molar-refractivity contribution is -0.115. The van der Waals surface area contributed by atoms with E-state index in [1.807, 2.05) is 13.8 Å². The standard InChI is InChI=1S/C23H29NO7S/c1-6-28-16-11-10-15(12-17(16)29-7-2)13-18(25)24-21-19(22(26)30-8-3)14(5)20(32-21)23(27)31-9-4/h10-12H,6-9,13H2,1-5H3,(H,24,25). The average Bonchev–Trinajstić information content (AvgIpc) is 3.06. The van der Waals surface area contributed by atoms with Crippen molar-refractivity contribution in [3.63, 3.8) is 0 Å². The number of benzene rings is 1. The number of esters is 2. The number of nitrogens with one attached hydrogen (secondary N) is 1. The Bertz CT molecular complexity index is 967. The van der Waals surface area contributed by atoms with Gasteiger partial charge in [0, 0.05) is 0 Å². The van der Waals surface area contributed by atoms with E-state index in [-0.39, 0.29) is 41.0 Å². The maximum absolute atomic E-state index is 12.8.